The summed E-state index contributed by atoms with van der Waals surface area (Å²) in [5, 5.41) is 6.43. The molecular formula is C31H34N4O4. The van der Waals surface area contributed by atoms with Crippen LogP contribution in [0.15, 0.2) is 66.7 Å². The molecule has 0 aromatic heterocycles. The monoisotopic (exact) mass is 526 g/mol. The van der Waals surface area contributed by atoms with Crippen LogP contribution < -0.4 is 25.0 Å². The Labute approximate surface area is 229 Å². The highest BCUT2D eigenvalue weighted by molar-refractivity contribution is 6.37. The summed E-state index contributed by atoms with van der Waals surface area (Å²) in [7, 11) is 4.95. The molecule has 0 spiro atoms. The molecule has 2 heterocycles. The number of likely N-dealkylation sites (N-methyl/N-ethyl adjacent to an activating group) is 1. The maximum Gasteiger partial charge on any atom is 0.258 e. The fraction of sp³-hybridized carbons (Fsp3) is 0.290. The van der Waals surface area contributed by atoms with E-state index in [4.69, 9.17) is 9.47 Å². The summed E-state index contributed by atoms with van der Waals surface area (Å²) in [6.07, 6.45) is 3.55. The number of nitrogens with zero attached hydrogens (tertiary/aromatic N) is 2. The van der Waals surface area contributed by atoms with Crippen LogP contribution in [0.1, 0.15) is 30.4 Å². The number of piperidine rings is 1. The first-order valence-electron chi connectivity index (χ1n) is 13.2. The molecule has 5 rings (SSSR count). The zero-order valence-corrected chi connectivity index (χ0v) is 22.6. The second-order valence-electron chi connectivity index (χ2n) is 9.78. The number of anilines is 3. The van der Waals surface area contributed by atoms with Crippen molar-refractivity contribution in [2.24, 2.45) is 0 Å². The minimum atomic E-state index is -0.216. The van der Waals surface area contributed by atoms with Gasteiger partial charge in [0.25, 0.3) is 5.91 Å². The number of fused-ring (bicyclic) bond motifs is 1. The summed E-state index contributed by atoms with van der Waals surface area (Å²) < 4.78 is 10.9. The molecule has 8 heteroatoms. The molecule has 8 nitrogen and oxygen atoms in total. The van der Waals surface area contributed by atoms with Gasteiger partial charge in [-0.15, -0.1) is 0 Å². The molecule has 1 fully saturated rings. The third-order valence-electron chi connectivity index (χ3n) is 7.29. The minimum absolute atomic E-state index is 0.0771. The predicted molar refractivity (Wildman–Crippen MR) is 155 cm³/mol. The van der Waals surface area contributed by atoms with E-state index in [2.05, 4.69) is 15.5 Å². The zero-order valence-electron chi connectivity index (χ0n) is 22.6. The third kappa shape index (κ3) is 5.61. The van der Waals surface area contributed by atoms with Gasteiger partial charge in [-0.2, -0.15) is 0 Å². The highest BCUT2D eigenvalue weighted by atomic mass is 16.5. The van der Waals surface area contributed by atoms with Crippen LogP contribution in [0.3, 0.4) is 0 Å². The molecule has 0 unspecified atom stereocenters. The first-order chi connectivity index (χ1) is 19.0. The molecule has 0 atom stereocenters. The van der Waals surface area contributed by atoms with Crippen molar-refractivity contribution in [3.63, 3.8) is 0 Å². The SMILES string of the molecule is COc1cc2c(cc1OC)/C(=C(/Nc1ccc(N(C)C(=O)CN3CCCCC3)cc1)c1ccccc1)C(=O)N2. The van der Waals surface area contributed by atoms with Gasteiger partial charge in [0.05, 0.1) is 37.7 Å². The van der Waals surface area contributed by atoms with Gasteiger partial charge in [0.1, 0.15) is 0 Å². The van der Waals surface area contributed by atoms with Crippen LogP contribution in [0.5, 0.6) is 11.5 Å². The van der Waals surface area contributed by atoms with Gasteiger partial charge in [0.2, 0.25) is 5.91 Å². The van der Waals surface area contributed by atoms with E-state index >= 15 is 0 Å². The minimum Gasteiger partial charge on any atom is -0.493 e. The summed E-state index contributed by atoms with van der Waals surface area (Å²) in [5.41, 5.74) is 5.04. The molecule has 202 valence electrons. The van der Waals surface area contributed by atoms with E-state index in [0.717, 1.165) is 48.4 Å². The second-order valence-corrected chi connectivity index (χ2v) is 9.78. The lowest BCUT2D eigenvalue weighted by Gasteiger charge is -2.28. The van der Waals surface area contributed by atoms with E-state index < -0.39 is 0 Å². The van der Waals surface area contributed by atoms with Gasteiger partial charge in [-0.3, -0.25) is 14.5 Å². The van der Waals surface area contributed by atoms with Crippen LogP contribution in [-0.2, 0) is 9.59 Å². The number of hydrogen-bond acceptors (Lipinski definition) is 6. The van der Waals surface area contributed by atoms with Crippen molar-refractivity contribution in [2.45, 2.75) is 19.3 Å². The van der Waals surface area contributed by atoms with E-state index in [9.17, 15) is 9.59 Å². The normalized spacial score (nSPS) is 16.2. The lowest BCUT2D eigenvalue weighted by atomic mass is 9.99. The van der Waals surface area contributed by atoms with Crippen LogP contribution in [0.4, 0.5) is 17.1 Å². The number of likely N-dealkylation sites (tertiary alicyclic amines) is 1. The number of benzene rings is 3. The Kier molecular flexibility index (Phi) is 7.84. The molecule has 3 aromatic carbocycles. The van der Waals surface area contributed by atoms with Crippen molar-refractivity contribution in [3.8, 4) is 11.5 Å². The summed E-state index contributed by atoms with van der Waals surface area (Å²) >= 11 is 0. The average molecular weight is 527 g/mol. The van der Waals surface area contributed by atoms with E-state index in [1.165, 1.54) is 6.42 Å². The number of carbonyl (C=O) groups excluding carboxylic acids is 2. The van der Waals surface area contributed by atoms with Crippen molar-refractivity contribution in [1.29, 1.82) is 0 Å². The Balaban J connectivity index is 1.44. The Morgan fingerprint density at radius 1 is 0.949 bits per heavy atom. The zero-order chi connectivity index (χ0) is 27.4. The molecule has 2 amide bonds. The fourth-order valence-electron chi connectivity index (χ4n) is 5.10. The van der Waals surface area contributed by atoms with Crippen LogP contribution in [-0.4, -0.2) is 57.6 Å². The summed E-state index contributed by atoms with van der Waals surface area (Å²) in [6.45, 7) is 2.40. The number of nitrogens with one attached hydrogen (secondary N) is 2. The topological polar surface area (TPSA) is 83.1 Å². The smallest absolute Gasteiger partial charge is 0.258 e. The first-order valence-corrected chi connectivity index (χ1v) is 13.2. The van der Waals surface area contributed by atoms with Gasteiger partial charge in [0.15, 0.2) is 11.5 Å². The first kappa shape index (κ1) is 26.3. The van der Waals surface area contributed by atoms with Crippen molar-refractivity contribution in [1.82, 2.24) is 4.90 Å². The summed E-state index contributed by atoms with van der Waals surface area (Å²) in [4.78, 5) is 30.1. The average Bonchev–Trinajstić information content (AvgIpc) is 3.30. The van der Waals surface area contributed by atoms with Crippen LogP contribution in [0, 0.1) is 0 Å². The Morgan fingerprint density at radius 3 is 2.28 bits per heavy atom. The molecule has 0 aliphatic carbocycles. The van der Waals surface area contributed by atoms with E-state index in [1.807, 2.05) is 67.7 Å². The second kappa shape index (κ2) is 11.6. The van der Waals surface area contributed by atoms with Crippen LogP contribution in [0.2, 0.25) is 0 Å². The van der Waals surface area contributed by atoms with Crippen molar-refractivity contribution >= 4 is 40.1 Å². The number of methoxy groups -OCH3 is 2. The number of carbonyl (C=O) groups is 2. The van der Waals surface area contributed by atoms with E-state index in [-0.39, 0.29) is 11.8 Å². The molecule has 2 N–H and O–H groups in total. The summed E-state index contributed by atoms with van der Waals surface area (Å²) in [6, 6.07) is 21.0. The number of amides is 2. The number of ether oxygens (including phenoxy) is 2. The van der Waals surface area contributed by atoms with E-state index in [1.54, 1.807) is 25.2 Å². The largest absolute Gasteiger partial charge is 0.493 e. The Bertz CT molecular complexity index is 1380. The van der Waals surface area contributed by atoms with Crippen molar-refractivity contribution in [2.75, 3.05) is 56.4 Å². The number of rotatable bonds is 8. The maximum absolute atomic E-state index is 13.3. The molecule has 0 saturated carbocycles. The standard InChI is InChI=1S/C31H34N4O4/c1-34(28(36)20-35-16-8-5-9-17-35)23-14-12-22(13-15-23)32-30(21-10-6-4-7-11-21)29-24-18-26(38-2)27(39-3)19-25(24)33-31(29)37/h4,6-7,10-15,18-19,32H,5,8-9,16-17,20H2,1-3H3,(H,33,37)/b30-29-. The van der Waals surface area contributed by atoms with Crippen molar-refractivity contribution < 1.29 is 19.1 Å². The van der Waals surface area contributed by atoms with Gasteiger partial charge < -0.3 is 25.0 Å². The van der Waals surface area contributed by atoms with Gasteiger partial charge in [-0.25, -0.2) is 0 Å². The number of hydrogen-bond donors (Lipinski definition) is 2. The highest BCUT2D eigenvalue weighted by Gasteiger charge is 2.30. The highest BCUT2D eigenvalue weighted by Crippen LogP contribution is 2.43. The van der Waals surface area contributed by atoms with Gasteiger partial charge >= 0.3 is 0 Å². The van der Waals surface area contributed by atoms with E-state index in [0.29, 0.717) is 35.0 Å². The molecule has 0 bridgehead atoms. The predicted octanol–water partition coefficient (Wildman–Crippen LogP) is 5.09. The molecule has 2 aliphatic heterocycles. The van der Waals surface area contributed by atoms with Gasteiger partial charge in [-0.1, -0.05) is 36.8 Å². The third-order valence-corrected chi connectivity index (χ3v) is 7.29. The molecule has 1 saturated heterocycles. The Hall–Kier alpha value is -4.30. The molecule has 0 radical (unpaired) electrons. The molecular weight excluding hydrogens is 492 g/mol. The molecule has 2 aliphatic rings. The van der Waals surface area contributed by atoms with Gasteiger partial charge in [-0.05, 0) is 61.8 Å². The van der Waals surface area contributed by atoms with Crippen LogP contribution >= 0.6 is 0 Å². The molecule has 39 heavy (non-hydrogen) atoms. The van der Waals surface area contributed by atoms with Gasteiger partial charge in [0, 0.05) is 30.1 Å². The Morgan fingerprint density at radius 2 is 1.62 bits per heavy atom. The van der Waals surface area contributed by atoms with Crippen LogP contribution in [0.25, 0.3) is 11.3 Å². The molecule has 3 aromatic rings. The lowest BCUT2D eigenvalue weighted by molar-refractivity contribution is -0.119. The summed E-state index contributed by atoms with van der Waals surface area (Å²) in [5.74, 6) is 0.945. The fourth-order valence-corrected chi connectivity index (χ4v) is 5.10. The quantitative estimate of drug-likeness (QED) is 0.398. The maximum atomic E-state index is 13.3. The van der Waals surface area contributed by atoms with Crippen molar-refractivity contribution in [3.05, 3.63) is 77.9 Å². The lowest BCUT2D eigenvalue weighted by Crippen LogP contribution is -2.40.